The zero-order valence-corrected chi connectivity index (χ0v) is 15.4. The van der Waals surface area contributed by atoms with Crippen molar-refractivity contribution < 1.29 is 9.21 Å². The van der Waals surface area contributed by atoms with Crippen LogP contribution in [0, 0.1) is 6.92 Å². The van der Waals surface area contributed by atoms with Crippen LogP contribution in [0.1, 0.15) is 16.1 Å². The number of hydrogen-bond acceptors (Lipinski definition) is 6. The summed E-state index contributed by atoms with van der Waals surface area (Å²) >= 11 is 1.37. The van der Waals surface area contributed by atoms with Crippen molar-refractivity contribution in [2.24, 2.45) is 7.05 Å². The molecule has 1 N–H and O–H groups in total. The molecule has 136 valence electrons. The van der Waals surface area contributed by atoms with Crippen LogP contribution in [0.4, 0.5) is 5.82 Å². The minimum atomic E-state index is -0.500. The molecule has 0 saturated heterocycles. The lowest BCUT2D eigenvalue weighted by Gasteiger charge is -2.07. The second-order valence-electron chi connectivity index (χ2n) is 5.87. The number of hydrogen-bond donors (Lipinski definition) is 1. The van der Waals surface area contributed by atoms with Gasteiger partial charge in [-0.25, -0.2) is 4.98 Å². The van der Waals surface area contributed by atoms with E-state index in [-0.39, 0.29) is 11.1 Å². The summed E-state index contributed by atoms with van der Waals surface area (Å²) < 4.78 is 8.25. The van der Waals surface area contributed by atoms with Crippen molar-refractivity contribution in [1.29, 1.82) is 0 Å². The van der Waals surface area contributed by atoms with Crippen molar-refractivity contribution in [3.63, 3.8) is 0 Å². The summed E-state index contributed by atoms with van der Waals surface area (Å²) in [6, 6.07) is 8.47. The molecule has 4 rings (SSSR count). The number of carbonyl (C=O) groups is 1. The highest BCUT2D eigenvalue weighted by Crippen LogP contribution is 2.26. The van der Waals surface area contributed by atoms with Crippen LogP contribution in [0.3, 0.4) is 0 Å². The first-order chi connectivity index (χ1) is 13.0. The van der Waals surface area contributed by atoms with E-state index in [1.54, 1.807) is 37.7 Å². The molecule has 0 aliphatic heterocycles. The summed E-state index contributed by atoms with van der Waals surface area (Å²) in [5.41, 5.74) is 1.08. The lowest BCUT2D eigenvalue weighted by atomic mass is 10.2. The summed E-state index contributed by atoms with van der Waals surface area (Å²) in [7, 11) is 1.60. The molecule has 0 aliphatic rings. The molecular weight excluding hydrogens is 366 g/mol. The van der Waals surface area contributed by atoms with Crippen molar-refractivity contribution in [1.82, 2.24) is 19.3 Å². The molecule has 0 aliphatic carbocycles. The van der Waals surface area contributed by atoms with Crippen LogP contribution in [-0.4, -0.2) is 25.2 Å². The minimum Gasteiger partial charge on any atom is -0.463 e. The molecule has 8 nitrogen and oxygen atoms in total. The molecule has 27 heavy (non-hydrogen) atoms. The Labute approximate surface area is 157 Å². The van der Waals surface area contributed by atoms with Gasteiger partial charge in [-0.1, -0.05) is 0 Å². The largest absolute Gasteiger partial charge is 0.463 e. The van der Waals surface area contributed by atoms with E-state index in [9.17, 15) is 9.59 Å². The lowest BCUT2D eigenvalue weighted by Crippen LogP contribution is -2.27. The molecule has 0 bridgehead atoms. The highest BCUT2D eigenvalue weighted by Gasteiger charge is 2.17. The standard InChI is InChI=1S/C18H15N5O3S/c1-11-9-15(20-16(24)12-5-3-7-22(2)17(12)25)23(21-11)18-19-13(10-27-18)14-6-4-8-26-14/h3-10H,1-2H3,(H,20,24). The molecule has 4 aromatic heterocycles. The minimum absolute atomic E-state index is 0.0563. The molecule has 0 fully saturated rings. The Hall–Kier alpha value is -3.46. The molecule has 0 unspecified atom stereocenters. The van der Waals surface area contributed by atoms with E-state index in [0.29, 0.717) is 28.1 Å². The van der Waals surface area contributed by atoms with Gasteiger partial charge in [0.15, 0.2) is 5.76 Å². The highest BCUT2D eigenvalue weighted by molar-refractivity contribution is 7.12. The molecule has 4 heterocycles. The normalized spacial score (nSPS) is 10.9. The first-order valence-corrected chi connectivity index (χ1v) is 8.94. The third-order valence-electron chi connectivity index (χ3n) is 3.89. The average Bonchev–Trinajstić information content (AvgIpc) is 3.37. The SMILES string of the molecule is Cc1cc(NC(=O)c2cccn(C)c2=O)n(-c2nc(-c3ccco3)cs2)n1. The molecule has 0 spiro atoms. The van der Waals surface area contributed by atoms with E-state index < -0.39 is 5.91 Å². The van der Waals surface area contributed by atoms with E-state index in [4.69, 9.17) is 4.42 Å². The first-order valence-electron chi connectivity index (χ1n) is 8.06. The van der Waals surface area contributed by atoms with Gasteiger partial charge < -0.3 is 14.3 Å². The molecular formula is C18H15N5O3S. The van der Waals surface area contributed by atoms with Gasteiger partial charge in [0.25, 0.3) is 11.5 Å². The van der Waals surface area contributed by atoms with E-state index in [1.165, 1.54) is 26.7 Å². The number of nitrogens with zero attached hydrogens (tertiary/aromatic N) is 4. The van der Waals surface area contributed by atoms with E-state index in [1.807, 2.05) is 18.4 Å². The molecule has 4 aromatic rings. The van der Waals surface area contributed by atoms with Gasteiger partial charge >= 0.3 is 0 Å². The fourth-order valence-electron chi connectivity index (χ4n) is 2.59. The van der Waals surface area contributed by atoms with Gasteiger partial charge in [0.05, 0.1) is 12.0 Å². The van der Waals surface area contributed by atoms with Crippen LogP contribution in [-0.2, 0) is 7.05 Å². The van der Waals surface area contributed by atoms with Gasteiger partial charge in [-0.15, -0.1) is 11.3 Å². The first kappa shape index (κ1) is 17.0. The van der Waals surface area contributed by atoms with E-state index in [0.717, 1.165) is 0 Å². The van der Waals surface area contributed by atoms with Gasteiger partial charge in [0.1, 0.15) is 17.1 Å². The number of anilines is 1. The van der Waals surface area contributed by atoms with Crippen LogP contribution >= 0.6 is 11.3 Å². The van der Waals surface area contributed by atoms with Crippen molar-refractivity contribution in [2.45, 2.75) is 6.92 Å². The quantitative estimate of drug-likeness (QED) is 0.586. The zero-order chi connectivity index (χ0) is 19.0. The predicted molar refractivity (Wildman–Crippen MR) is 101 cm³/mol. The monoisotopic (exact) mass is 381 g/mol. The van der Waals surface area contributed by atoms with Gasteiger partial charge in [-0.05, 0) is 31.2 Å². The highest BCUT2D eigenvalue weighted by atomic mass is 32.1. The fraction of sp³-hybridized carbons (Fsp3) is 0.111. The lowest BCUT2D eigenvalue weighted by molar-refractivity contribution is 0.102. The van der Waals surface area contributed by atoms with E-state index in [2.05, 4.69) is 15.4 Å². The average molecular weight is 381 g/mol. The Morgan fingerprint density at radius 2 is 2.15 bits per heavy atom. The Morgan fingerprint density at radius 3 is 2.93 bits per heavy atom. The van der Waals surface area contributed by atoms with Crippen LogP contribution in [0.5, 0.6) is 0 Å². The van der Waals surface area contributed by atoms with Gasteiger partial charge in [-0.3, -0.25) is 9.59 Å². The summed E-state index contributed by atoms with van der Waals surface area (Å²) in [6.45, 7) is 1.81. The third-order valence-corrected chi connectivity index (χ3v) is 4.70. The maximum atomic E-state index is 12.6. The summed E-state index contributed by atoms with van der Waals surface area (Å²) in [5.74, 6) is 0.587. The number of aryl methyl sites for hydroxylation is 2. The van der Waals surface area contributed by atoms with Crippen molar-refractivity contribution in [3.8, 4) is 16.6 Å². The van der Waals surface area contributed by atoms with Gasteiger partial charge in [0, 0.05) is 24.7 Å². The number of furan rings is 1. The molecule has 0 aromatic carbocycles. The summed E-state index contributed by atoms with van der Waals surface area (Å²) in [6.07, 6.45) is 3.18. The van der Waals surface area contributed by atoms with Gasteiger partial charge in [0.2, 0.25) is 5.13 Å². The second-order valence-corrected chi connectivity index (χ2v) is 6.70. The smallest absolute Gasteiger partial charge is 0.263 e. The second kappa shape index (κ2) is 6.69. The zero-order valence-electron chi connectivity index (χ0n) is 14.5. The summed E-state index contributed by atoms with van der Waals surface area (Å²) in [5, 5.41) is 9.57. The van der Waals surface area contributed by atoms with Crippen LogP contribution < -0.4 is 10.9 Å². The maximum Gasteiger partial charge on any atom is 0.263 e. The Kier molecular flexibility index (Phi) is 4.21. The predicted octanol–water partition coefficient (Wildman–Crippen LogP) is 2.85. The van der Waals surface area contributed by atoms with Crippen LogP contribution in [0.2, 0.25) is 0 Å². The van der Waals surface area contributed by atoms with E-state index >= 15 is 0 Å². The topological polar surface area (TPSA) is 95.0 Å². The van der Waals surface area contributed by atoms with Crippen molar-refractivity contribution >= 4 is 23.1 Å². The Balaban J connectivity index is 1.67. The number of nitrogens with one attached hydrogen (secondary N) is 1. The number of carbonyl (C=O) groups excluding carboxylic acids is 1. The fourth-order valence-corrected chi connectivity index (χ4v) is 3.36. The number of amides is 1. The molecule has 0 radical (unpaired) electrons. The molecule has 0 saturated carbocycles. The number of pyridine rings is 1. The van der Waals surface area contributed by atoms with Crippen LogP contribution in [0.15, 0.2) is 57.4 Å². The number of aromatic nitrogens is 4. The number of rotatable bonds is 4. The van der Waals surface area contributed by atoms with Crippen LogP contribution in [0.25, 0.3) is 16.6 Å². The third kappa shape index (κ3) is 3.20. The Morgan fingerprint density at radius 1 is 1.30 bits per heavy atom. The van der Waals surface area contributed by atoms with Gasteiger partial charge in [-0.2, -0.15) is 9.78 Å². The van der Waals surface area contributed by atoms with Crippen molar-refractivity contribution in [2.75, 3.05) is 5.32 Å². The van der Waals surface area contributed by atoms with Crippen molar-refractivity contribution in [3.05, 3.63) is 69.8 Å². The molecule has 9 heteroatoms. The summed E-state index contributed by atoms with van der Waals surface area (Å²) in [4.78, 5) is 29.2. The number of thiazole rings is 1. The molecule has 1 amide bonds. The Bertz CT molecular complexity index is 1170. The maximum absolute atomic E-state index is 12.6. The molecule has 0 atom stereocenters.